The molecule has 4 amide bonds. The summed E-state index contributed by atoms with van der Waals surface area (Å²) in [7, 11) is 0. The van der Waals surface area contributed by atoms with Crippen molar-refractivity contribution in [3.8, 4) is 0 Å². The quantitative estimate of drug-likeness (QED) is 0.689. The highest BCUT2D eigenvalue weighted by atomic mass is 16.2. The van der Waals surface area contributed by atoms with E-state index in [-0.39, 0.29) is 18.0 Å². The van der Waals surface area contributed by atoms with Gasteiger partial charge >= 0.3 is 6.03 Å². The topological polar surface area (TPSA) is 92.5 Å². The summed E-state index contributed by atoms with van der Waals surface area (Å²) < 4.78 is 0. The number of fused-ring (bicyclic) bond motifs is 1. The molecule has 0 bridgehead atoms. The van der Waals surface area contributed by atoms with Crippen LogP contribution in [0.1, 0.15) is 28.4 Å². The molecule has 0 aromatic heterocycles. The van der Waals surface area contributed by atoms with Crippen molar-refractivity contribution in [2.45, 2.75) is 19.0 Å². The first kappa shape index (κ1) is 17.7. The van der Waals surface area contributed by atoms with Crippen LogP contribution in [0.25, 0.3) is 10.8 Å². The summed E-state index contributed by atoms with van der Waals surface area (Å²) in [5.74, 6) is -0.957. The van der Waals surface area contributed by atoms with Gasteiger partial charge in [0.2, 0.25) is 5.91 Å². The van der Waals surface area contributed by atoms with Gasteiger partial charge in [0, 0.05) is 5.56 Å². The number of urea groups is 1. The van der Waals surface area contributed by atoms with Crippen molar-refractivity contribution in [1.82, 2.24) is 10.2 Å². The minimum Gasteiger partial charge on any atom is -0.366 e. The Morgan fingerprint density at radius 2 is 1.75 bits per heavy atom. The van der Waals surface area contributed by atoms with Gasteiger partial charge in [0.05, 0.1) is 6.54 Å². The van der Waals surface area contributed by atoms with Crippen LogP contribution in [0.5, 0.6) is 0 Å². The van der Waals surface area contributed by atoms with Crippen molar-refractivity contribution in [3.05, 3.63) is 83.4 Å². The normalized spacial score (nSPS) is 19.1. The lowest BCUT2D eigenvalue weighted by molar-refractivity contribution is -0.131. The Kier molecular flexibility index (Phi) is 4.11. The predicted molar refractivity (Wildman–Crippen MR) is 105 cm³/mol. The zero-order valence-electron chi connectivity index (χ0n) is 15.3. The van der Waals surface area contributed by atoms with Crippen LogP contribution in [0.3, 0.4) is 0 Å². The molecule has 0 aliphatic carbocycles. The summed E-state index contributed by atoms with van der Waals surface area (Å²) in [6.45, 7) is 1.80. The van der Waals surface area contributed by atoms with Gasteiger partial charge in [0.1, 0.15) is 5.54 Å². The van der Waals surface area contributed by atoms with E-state index in [1.807, 2.05) is 42.5 Å². The molecule has 3 N–H and O–H groups in total. The van der Waals surface area contributed by atoms with E-state index in [4.69, 9.17) is 5.73 Å². The zero-order valence-corrected chi connectivity index (χ0v) is 15.3. The first-order valence-corrected chi connectivity index (χ1v) is 8.91. The summed E-state index contributed by atoms with van der Waals surface area (Å²) >= 11 is 0. The third-order valence-electron chi connectivity index (χ3n) is 5.21. The number of carbonyl (C=O) groups excluding carboxylic acids is 3. The Balaban J connectivity index is 1.69. The minimum absolute atomic E-state index is 0.164. The second kappa shape index (κ2) is 6.49. The average molecular weight is 373 g/mol. The van der Waals surface area contributed by atoms with Crippen LogP contribution < -0.4 is 11.1 Å². The van der Waals surface area contributed by atoms with Crippen LogP contribution in [0.2, 0.25) is 0 Å². The van der Waals surface area contributed by atoms with Crippen LogP contribution in [0.4, 0.5) is 4.79 Å². The Labute approximate surface area is 161 Å². The Hall–Kier alpha value is -3.67. The van der Waals surface area contributed by atoms with Gasteiger partial charge < -0.3 is 11.1 Å². The van der Waals surface area contributed by atoms with Crippen LogP contribution in [-0.2, 0) is 16.9 Å². The lowest BCUT2D eigenvalue weighted by atomic mass is 9.90. The molecule has 6 nitrogen and oxygen atoms in total. The van der Waals surface area contributed by atoms with Gasteiger partial charge in [-0.3, -0.25) is 14.5 Å². The number of nitrogens with zero attached hydrogens (tertiary/aromatic N) is 1. The largest absolute Gasteiger partial charge is 0.366 e. The Morgan fingerprint density at radius 1 is 1.04 bits per heavy atom. The van der Waals surface area contributed by atoms with Crippen molar-refractivity contribution in [2.75, 3.05) is 0 Å². The number of benzene rings is 3. The summed E-state index contributed by atoms with van der Waals surface area (Å²) in [6.07, 6.45) is 0. The molecule has 28 heavy (non-hydrogen) atoms. The number of amides is 4. The monoisotopic (exact) mass is 373 g/mol. The van der Waals surface area contributed by atoms with Crippen LogP contribution in [-0.4, -0.2) is 22.7 Å². The molecule has 6 heteroatoms. The van der Waals surface area contributed by atoms with Crippen LogP contribution >= 0.6 is 0 Å². The van der Waals surface area contributed by atoms with E-state index < -0.39 is 17.5 Å². The fourth-order valence-corrected chi connectivity index (χ4v) is 3.62. The van der Waals surface area contributed by atoms with Gasteiger partial charge in [-0.1, -0.05) is 54.6 Å². The van der Waals surface area contributed by atoms with E-state index in [9.17, 15) is 14.4 Å². The number of nitrogens with one attached hydrogen (secondary N) is 1. The van der Waals surface area contributed by atoms with Gasteiger partial charge in [-0.15, -0.1) is 0 Å². The average Bonchev–Trinajstić information content (AvgIpc) is 2.92. The minimum atomic E-state index is -1.26. The highest BCUT2D eigenvalue weighted by Gasteiger charge is 2.49. The Bertz CT molecular complexity index is 1120. The molecule has 1 aliphatic heterocycles. The van der Waals surface area contributed by atoms with E-state index in [2.05, 4.69) is 5.32 Å². The van der Waals surface area contributed by atoms with E-state index >= 15 is 0 Å². The molecule has 0 radical (unpaired) electrons. The molecule has 3 aromatic carbocycles. The molecule has 1 fully saturated rings. The molecule has 4 rings (SSSR count). The van der Waals surface area contributed by atoms with Gasteiger partial charge in [-0.2, -0.15) is 0 Å². The molecule has 0 spiro atoms. The van der Waals surface area contributed by atoms with Gasteiger partial charge in [-0.25, -0.2) is 4.79 Å². The molecule has 1 unspecified atom stereocenters. The lowest BCUT2D eigenvalue weighted by Gasteiger charge is -2.23. The van der Waals surface area contributed by atoms with Crippen molar-refractivity contribution in [1.29, 1.82) is 0 Å². The maximum Gasteiger partial charge on any atom is 0.325 e. The van der Waals surface area contributed by atoms with Gasteiger partial charge in [0.25, 0.3) is 5.91 Å². The van der Waals surface area contributed by atoms with Gasteiger partial charge in [-0.05, 0) is 41.0 Å². The van der Waals surface area contributed by atoms with E-state index in [0.717, 1.165) is 16.3 Å². The summed E-state index contributed by atoms with van der Waals surface area (Å²) in [6, 6.07) is 19.6. The summed E-state index contributed by atoms with van der Waals surface area (Å²) in [4.78, 5) is 38.5. The number of primary amides is 1. The molecule has 1 atom stereocenters. The molecule has 1 saturated heterocycles. The SMILES string of the molecule is CC1(c2cccc(C(N)=O)c2)NC(=O)N(Cc2cccc3ccccc23)C1=O. The first-order valence-electron chi connectivity index (χ1n) is 8.91. The number of hydrogen-bond acceptors (Lipinski definition) is 3. The molecule has 3 aromatic rings. The molecule has 140 valence electrons. The maximum atomic E-state index is 13.2. The highest BCUT2D eigenvalue weighted by molar-refractivity contribution is 6.07. The standard InChI is InChI=1S/C22H19N3O3/c1-22(17-10-5-8-15(12-17)19(23)26)20(27)25(21(28)24-22)13-16-9-4-7-14-6-2-3-11-18(14)16/h2-12H,13H2,1H3,(H2,23,26)(H,24,28). The number of imide groups is 1. The highest BCUT2D eigenvalue weighted by Crippen LogP contribution is 2.31. The predicted octanol–water partition coefficient (Wildman–Crippen LogP) is 2.91. The fourth-order valence-electron chi connectivity index (χ4n) is 3.62. The summed E-state index contributed by atoms with van der Waals surface area (Å²) in [5, 5.41) is 4.81. The molecule has 1 heterocycles. The van der Waals surface area contributed by atoms with Crippen molar-refractivity contribution < 1.29 is 14.4 Å². The molecule has 0 saturated carbocycles. The zero-order chi connectivity index (χ0) is 19.9. The van der Waals surface area contributed by atoms with Crippen LogP contribution in [0.15, 0.2) is 66.7 Å². The molecule has 1 aliphatic rings. The second-order valence-electron chi connectivity index (χ2n) is 7.03. The molecular formula is C22H19N3O3. The van der Waals surface area contributed by atoms with E-state index in [1.54, 1.807) is 31.2 Å². The number of carbonyl (C=O) groups is 3. The number of hydrogen-bond donors (Lipinski definition) is 2. The van der Waals surface area contributed by atoms with Crippen molar-refractivity contribution >= 4 is 28.6 Å². The van der Waals surface area contributed by atoms with E-state index in [0.29, 0.717) is 5.56 Å². The van der Waals surface area contributed by atoms with E-state index in [1.165, 1.54) is 4.90 Å². The number of nitrogens with two attached hydrogens (primary N) is 1. The molecular weight excluding hydrogens is 354 g/mol. The lowest BCUT2D eigenvalue weighted by Crippen LogP contribution is -2.41. The van der Waals surface area contributed by atoms with Crippen LogP contribution in [0, 0.1) is 0 Å². The second-order valence-corrected chi connectivity index (χ2v) is 7.03. The fraction of sp³-hybridized carbons (Fsp3) is 0.136. The van der Waals surface area contributed by atoms with Crippen molar-refractivity contribution in [3.63, 3.8) is 0 Å². The smallest absolute Gasteiger partial charge is 0.325 e. The Morgan fingerprint density at radius 3 is 2.54 bits per heavy atom. The van der Waals surface area contributed by atoms with Crippen molar-refractivity contribution in [2.24, 2.45) is 5.73 Å². The number of rotatable bonds is 4. The third kappa shape index (κ3) is 2.79. The first-order chi connectivity index (χ1) is 13.4. The summed E-state index contributed by atoms with van der Waals surface area (Å²) in [5.41, 5.74) is 5.78. The van der Waals surface area contributed by atoms with Gasteiger partial charge in [0.15, 0.2) is 0 Å². The maximum absolute atomic E-state index is 13.2. The third-order valence-corrected chi connectivity index (χ3v) is 5.21.